The van der Waals surface area contributed by atoms with Crippen LogP contribution in [0.4, 0.5) is 0 Å². The van der Waals surface area contributed by atoms with Gasteiger partial charge in [-0.05, 0) is 30.7 Å². The van der Waals surface area contributed by atoms with Crippen molar-refractivity contribution >= 4 is 46.3 Å². The minimum Gasteiger partial charge on any atom is -0.370 e. The summed E-state index contributed by atoms with van der Waals surface area (Å²) in [6.07, 6.45) is 6.44. The molecule has 2 aromatic rings. The quantitative estimate of drug-likeness (QED) is 0.0760. The number of H-pyrrole nitrogens is 1. The maximum Gasteiger partial charge on any atom is 0.248 e. The van der Waals surface area contributed by atoms with Gasteiger partial charge >= 0.3 is 0 Å². The van der Waals surface area contributed by atoms with E-state index in [2.05, 4.69) is 30.8 Å². The van der Waals surface area contributed by atoms with Crippen molar-refractivity contribution in [1.29, 1.82) is 0 Å². The number of amides is 3. The van der Waals surface area contributed by atoms with Crippen LogP contribution < -0.4 is 33.3 Å². The third-order valence-electron chi connectivity index (χ3n) is 4.95. The number of nitrogens with one attached hydrogen (secondary N) is 4. The van der Waals surface area contributed by atoms with E-state index in [1.54, 1.807) is 11.8 Å². The molecule has 12 nitrogen and oxygen atoms in total. The molecular formula is C23H38N8O4S. The number of guanidine groups is 1. The van der Waals surface area contributed by atoms with Gasteiger partial charge in [-0.15, -0.1) is 0 Å². The number of aromatic amines is 1. The number of carbonyl (C=O) groups is 3. The van der Waals surface area contributed by atoms with Crippen LogP contribution >= 0.6 is 11.8 Å². The molecule has 200 valence electrons. The summed E-state index contributed by atoms with van der Waals surface area (Å²) in [6.45, 7) is 1.05. The number of rotatable bonds is 14. The Hall–Kier alpha value is -3.29. The lowest BCUT2D eigenvalue weighted by molar-refractivity contribution is -0.131. The highest BCUT2D eigenvalue weighted by Crippen LogP contribution is 2.19. The van der Waals surface area contributed by atoms with Gasteiger partial charge in [-0.2, -0.15) is 11.8 Å². The number of nitrogens with zero attached hydrogens (tertiary/aromatic N) is 1. The Labute approximate surface area is 215 Å². The Morgan fingerprint density at radius 1 is 1.17 bits per heavy atom. The Morgan fingerprint density at radius 3 is 2.58 bits per heavy atom. The first-order chi connectivity index (χ1) is 17.3. The van der Waals surface area contributed by atoms with Gasteiger partial charge in [0.05, 0.1) is 0 Å². The third kappa shape index (κ3) is 12.4. The van der Waals surface area contributed by atoms with Gasteiger partial charge in [0.1, 0.15) is 12.6 Å². The fraction of sp³-hybridized carbons (Fsp3) is 0.478. The SMILES string of the molecule is CNC(=O)C(Cc1c[nH]c2ccccc12)NC(=O)CON.CSCCNC(=O)CCCCN=C(N)N. The normalized spacial score (nSPS) is 11.1. The van der Waals surface area contributed by atoms with Crippen molar-refractivity contribution in [1.82, 2.24) is 20.9 Å². The Balaban J connectivity index is 0.000000384. The number of hydrogen-bond acceptors (Lipinski definition) is 7. The highest BCUT2D eigenvalue weighted by Gasteiger charge is 2.21. The predicted molar refractivity (Wildman–Crippen MR) is 144 cm³/mol. The molecule has 0 fully saturated rings. The second-order valence-electron chi connectivity index (χ2n) is 7.72. The first-order valence-electron chi connectivity index (χ1n) is 11.5. The van der Waals surface area contributed by atoms with Crippen molar-refractivity contribution in [2.24, 2.45) is 22.4 Å². The molecule has 1 unspecified atom stereocenters. The van der Waals surface area contributed by atoms with Gasteiger partial charge < -0.3 is 32.4 Å². The van der Waals surface area contributed by atoms with Crippen LogP contribution in [0.5, 0.6) is 0 Å². The molecule has 13 heteroatoms. The topological polar surface area (TPSA) is 203 Å². The van der Waals surface area contributed by atoms with Gasteiger partial charge in [0.15, 0.2) is 5.96 Å². The zero-order valence-electron chi connectivity index (χ0n) is 20.8. The van der Waals surface area contributed by atoms with E-state index in [1.807, 2.05) is 36.7 Å². The number of benzene rings is 1. The molecule has 0 saturated heterocycles. The van der Waals surface area contributed by atoms with Gasteiger partial charge in [0.25, 0.3) is 0 Å². The van der Waals surface area contributed by atoms with Crippen LogP contribution in [-0.2, 0) is 25.6 Å². The minimum atomic E-state index is -0.683. The van der Waals surface area contributed by atoms with Crippen molar-refractivity contribution < 1.29 is 19.2 Å². The Bertz CT molecular complexity index is 978. The number of hydrogen-bond donors (Lipinski definition) is 7. The molecule has 0 aliphatic heterocycles. The van der Waals surface area contributed by atoms with Gasteiger partial charge in [0, 0.05) is 55.8 Å². The van der Waals surface area contributed by atoms with Crippen LogP contribution in [0.1, 0.15) is 24.8 Å². The molecule has 0 aliphatic carbocycles. The lowest BCUT2D eigenvalue weighted by Gasteiger charge is -2.16. The molecule has 2 rings (SSSR count). The molecule has 36 heavy (non-hydrogen) atoms. The number of thioether (sulfide) groups is 1. The highest BCUT2D eigenvalue weighted by atomic mass is 32.2. The first-order valence-corrected chi connectivity index (χ1v) is 12.9. The first kappa shape index (κ1) is 30.7. The van der Waals surface area contributed by atoms with Crippen molar-refractivity contribution in [2.45, 2.75) is 31.7 Å². The van der Waals surface area contributed by atoms with Gasteiger partial charge in [-0.1, -0.05) is 18.2 Å². The van der Waals surface area contributed by atoms with Crippen LogP contribution in [0.25, 0.3) is 10.9 Å². The number of aliphatic imine (C=N–C) groups is 1. The van der Waals surface area contributed by atoms with Gasteiger partial charge in [-0.3, -0.25) is 24.2 Å². The zero-order valence-corrected chi connectivity index (χ0v) is 21.7. The van der Waals surface area contributed by atoms with Crippen molar-refractivity contribution in [3.8, 4) is 0 Å². The molecule has 0 radical (unpaired) electrons. The molecule has 1 heterocycles. The summed E-state index contributed by atoms with van der Waals surface area (Å²) in [4.78, 5) is 45.9. The largest absolute Gasteiger partial charge is 0.370 e. The van der Waals surface area contributed by atoms with Crippen LogP contribution in [0.3, 0.4) is 0 Å². The standard InChI is InChI=1S/C14H18N4O3.C9H20N4OS/c1-16-14(20)12(18-13(19)8-21-15)6-9-7-17-11-5-3-2-4-10(9)11;1-15-7-6-12-8(14)4-2-3-5-13-9(10)11/h2-5,7,12,17H,6,8,15H2,1H3,(H,16,20)(H,18,19);2-7H2,1H3,(H,12,14)(H4,10,11,13). The molecule has 0 bridgehead atoms. The molecule has 0 spiro atoms. The van der Waals surface area contributed by atoms with E-state index in [0.29, 0.717) is 19.4 Å². The van der Waals surface area contributed by atoms with Gasteiger partial charge in [0.2, 0.25) is 17.7 Å². The summed E-state index contributed by atoms with van der Waals surface area (Å²) in [5.41, 5.74) is 12.3. The maximum absolute atomic E-state index is 11.9. The molecule has 0 aliphatic rings. The number of unbranched alkanes of at least 4 members (excludes halogenated alkanes) is 1. The second-order valence-corrected chi connectivity index (χ2v) is 8.70. The minimum absolute atomic E-state index is 0.105. The van der Waals surface area contributed by atoms with Gasteiger partial charge in [-0.25, -0.2) is 5.90 Å². The van der Waals surface area contributed by atoms with E-state index < -0.39 is 11.9 Å². The summed E-state index contributed by atoms with van der Waals surface area (Å²) in [6, 6.07) is 7.09. The van der Waals surface area contributed by atoms with E-state index in [1.165, 1.54) is 7.05 Å². The molecule has 1 aromatic heterocycles. The lowest BCUT2D eigenvalue weighted by Crippen LogP contribution is -2.48. The third-order valence-corrected chi connectivity index (χ3v) is 5.56. The average Bonchev–Trinajstić information content (AvgIpc) is 3.26. The van der Waals surface area contributed by atoms with Crippen molar-refractivity contribution in [3.63, 3.8) is 0 Å². The van der Waals surface area contributed by atoms with Crippen LogP contribution in [0.2, 0.25) is 0 Å². The molecule has 1 atom stereocenters. The van der Waals surface area contributed by atoms with Crippen molar-refractivity contribution in [2.75, 3.05) is 38.8 Å². The predicted octanol–water partition coefficient (Wildman–Crippen LogP) is -0.259. The van der Waals surface area contributed by atoms with Crippen LogP contribution in [0.15, 0.2) is 35.5 Å². The van der Waals surface area contributed by atoms with E-state index >= 15 is 0 Å². The molecule has 1 aromatic carbocycles. The smallest absolute Gasteiger partial charge is 0.248 e. The van der Waals surface area contributed by atoms with E-state index in [-0.39, 0.29) is 24.4 Å². The van der Waals surface area contributed by atoms with E-state index in [9.17, 15) is 14.4 Å². The summed E-state index contributed by atoms with van der Waals surface area (Å²) in [5.74, 6) is 5.32. The monoisotopic (exact) mass is 522 g/mol. The molecular weight excluding hydrogens is 484 g/mol. The van der Waals surface area contributed by atoms with Crippen LogP contribution in [0, 0.1) is 0 Å². The highest BCUT2D eigenvalue weighted by molar-refractivity contribution is 7.98. The second kappa shape index (κ2) is 18.0. The fourth-order valence-corrected chi connectivity index (χ4v) is 3.51. The molecule has 0 saturated carbocycles. The van der Waals surface area contributed by atoms with E-state index in [4.69, 9.17) is 17.4 Å². The number of likely N-dealkylation sites (N-methyl/N-ethyl adjacent to an activating group) is 1. The average molecular weight is 523 g/mol. The summed E-state index contributed by atoms with van der Waals surface area (Å²) in [7, 11) is 1.52. The Morgan fingerprint density at radius 2 is 1.92 bits per heavy atom. The molecule has 10 N–H and O–H groups in total. The Kier molecular flexibility index (Phi) is 15.4. The summed E-state index contributed by atoms with van der Waals surface area (Å²) >= 11 is 1.72. The summed E-state index contributed by atoms with van der Waals surface area (Å²) < 4.78 is 0. The number of fused-ring (bicyclic) bond motifs is 1. The maximum atomic E-state index is 11.9. The fourth-order valence-electron chi connectivity index (χ4n) is 3.20. The number of carbonyl (C=O) groups excluding carboxylic acids is 3. The lowest BCUT2D eigenvalue weighted by atomic mass is 10.0. The van der Waals surface area contributed by atoms with Crippen molar-refractivity contribution in [3.05, 3.63) is 36.0 Å². The number of nitrogens with two attached hydrogens (primary N) is 3. The number of aromatic nitrogens is 1. The van der Waals surface area contributed by atoms with E-state index in [0.717, 1.165) is 41.6 Å². The van der Waals surface area contributed by atoms with Crippen LogP contribution in [-0.4, -0.2) is 73.5 Å². The number of para-hydroxylation sites is 1. The summed E-state index contributed by atoms with van der Waals surface area (Å²) in [5, 5.41) is 9.00. The zero-order chi connectivity index (χ0) is 26.8. The molecule has 3 amide bonds.